The summed E-state index contributed by atoms with van der Waals surface area (Å²) < 4.78 is 1.18. The van der Waals surface area contributed by atoms with E-state index in [1.54, 1.807) is 18.7 Å². The molecule has 0 fully saturated rings. The molecule has 0 spiro atoms. The molecule has 0 saturated carbocycles. The predicted octanol–water partition coefficient (Wildman–Crippen LogP) is 3.57. The van der Waals surface area contributed by atoms with Crippen LogP contribution in [-0.2, 0) is 0 Å². The van der Waals surface area contributed by atoms with E-state index in [4.69, 9.17) is 5.11 Å². The fourth-order valence-electron chi connectivity index (χ4n) is 1.89. The van der Waals surface area contributed by atoms with Gasteiger partial charge in [-0.3, -0.25) is 0 Å². The van der Waals surface area contributed by atoms with Crippen LogP contribution in [0.4, 0.5) is 0 Å². The average molecular weight is 379 g/mol. The van der Waals surface area contributed by atoms with E-state index in [0.717, 1.165) is 15.0 Å². The van der Waals surface area contributed by atoms with E-state index in [9.17, 15) is 10.1 Å². The van der Waals surface area contributed by atoms with E-state index in [1.807, 2.05) is 18.2 Å². The molecule has 2 aromatic rings. The number of aromatic nitrogens is 1. The van der Waals surface area contributed by atoms with Crippen molar-refractivity contribution in [3.8, 4) is 16.2 Å². The number of hydrogen-bond donors (Lipinski definition) is 1. The quantitative estimate of drug-likeness (QED) is 0.652. The number of aromatic carboxylic acids is 1. The van der Waals surface area contributed by atoms with Crippen LogP contribution in [0.2, 0.25) is 0 Å². The predicted molar refractivity (Wildman–Crippen MR) is 88.6 cm³/mol. The summed E-state index contributed by atoms with van der Waals surface area (Å²) >= 11 is 1.33. The molecule has 0 aliphatic carbocycles. The monoisotopic (exact) mass is 380 g/mol. The van der Waals surface area contributed by atoms with Gasteiger partial charge in [0.2, 0.25) is 0 Å². The normalized spacial score (nSPS) is 11.2. The van der Waals surface area contributed by atoms with Crippen molar-refractivity contribution < 1.29 is 9.90 Å². The molecule has 0 aliphatic heterocycles. The first-order valence-electron chi connectivity index (χ1n) is 6.65. The third-order valence-corrected chi connectivity index (χ3v) is 6.45. The summed E-state index contributed by atoms with van der Waals surface area (Å²) in [7, 11) is 0. The van der Waals surface area contributed by atoms with E-state index in [2.05, 4.69) is 31.8 Å². The molecule has 0 amide bonds. The Morgan fingerprint density at radius 1 is 1.41 bits per heavy atom. The van der Waals surface area contributed by atoms with Crippen molar-refractivity contribution in [2.24, 2.45) is 0 Å². The van der Waals surface area contributed by atoms with Crippen molar-refractivity contribution >= 4 is 32.2 Å². The summed E-state index contributed by atoms with van der Waals surface area (Å²) in [5, 5.41) is 18.5. The summed E-state index contributed by atoms with van der Waals surface area (Å²) in [5.74, 6) is -0.906. The minimum absolute atomic E-state index is 0.0244. The Labute approximate surface area is 139 Å². The van der Waals surface area contributed by atoms with Crippen LogP contribution >= 0.6 is 11.8 Å². The van der Waals surface area contributed by atoms with Gasteiger partial charge in [-0.05, 0) is 0 Å². The van der Waals surface area contributed by atoms with Gasteiger partial charge in [0.05, 0.1) is 0 Å². The standard InChI is InChI=1S/C16H16N2O2SSe/c1-9-13(15(19)20)22-14(18-9)10-5-6-12(11(7-10)8-17)21-16(2,3)4/h5-7H,1-4H3,(H,19,20). The van der Waals surface area contributed by atoms with Crippen molar-refractivity contribution in [1.82, 2.24) is 4.98 Å². The van der Waals surface area contributed by atoms with Gasteiger partial charge in [-0.1, -0.05) is 0 Å². The third kappa shape index (κ3) is 3.80. The molecule has 0 saturated heterocycles. The first-order valence-corrected chi connectivity index (χ1v) is 9.18. The van der Waals surface area contributed by atoms with Crippen LogP contribution in [-0.4, -0.2) is 35.3 Å². The molecule has 0 bridgehead atoms. The summed E-state index contributed by atoms with van der Waals surface area (Å²) in [5.41, 5.74) is 2.01. The molecule has 2 rings (SSSR count). The minimum atomic E-state index is -0.906. The Balaban J connectivity index is 2.44. The van der Waals surface area contributed by atoms with Crippen LogP contribution in [0.15, 0.2) is 23.1 Å². The maximum atomic E-state index is 11.2. The SMILES string of the molecule is Cc1nc(-c2ccc(SC(C)(C)C)c(C#N)c2)[se]c1C(=O)O. The van der Waals surface area contributed by atoms with Crippen LogP contribution in [0.1, 0.15) is 41.3 Å². The molecule has 6 heteroatoms. The first kappa shape index (κ1) is 16.8. The second kappa shape index (κ2) is 6.29. The van der Waals surface area contributed by atoms with Gasteiger partial charge in [0.15, 0.2) is 0 Å². The number of thioether (sulfide) groups is 1. The summed E-state index contributed by atoms with van der Waals surface area (Å²) in [6, 6.07) is 7.89. The molecule has 0 aliphatic rings. The molecule has 1 heterocycles. The number of nitriles is 1. The second-order valence-corrected chi connectivity index (χ2v) is 9.74. The van der Waals surface area contributed by atoms with Gasteiger partial charge in [0, 0.05) is 0 Å². The molecule has 0 radical (unpaired) electrons. The van der Waals surface area contributed by atoms with Crippen LogP contribution in [0.5, 0.6) is 0 Å². The fourth-order valence-corrected chi connectivity index (χ4v) is 4.79. The number of hydrogen-bond acceptors (Lipinski definition) is 4. The van der Waals surface area contributed by atoms with Gasteiger partial charge in [0.25, 0.3) is 0 Å². The number of benzene rings is 1. The second-order valence-electron chi connectivity index (χ2n) is 5.78. The van der Waals surface area contributed by atoms with Gasteiger partial charge in [-0.15, -0.1) is 0 Å². The molecule has 22 heavy (non-hydrogen) atoms. The third-order valence-electron chi connectivity index (χ3n) is 2.75. The van der Waals surface area contributed by atoms with Crippen molar-refractivity contribution in [2.45, 2.75) is 37.3 Å². The van der Waals surface area contributed by atoms with Gasteiger partial charge in [-0.2, -0.15) is 0 Å². The van der Waals surface area contributed by atoms with Gasteiger partial charge in [-0.25, -0.2) is 0 Å². The van der Waals surface area contributed by atoms with Crippen molar-refractivity contribution in [3.63, 3.8) is 0 Å². The Bertz CT molecular complexity index is 769. The number of nitrogens with zero attached hydrogens (tertiary/aromatic N) is 2. The van der Waals surface area contributed by atoms with Gasteiger partial charge >= 0.3 is 140 Å². The van der Waals surface area contributed by atoms with E-state index in [1.165, 1.54) is 0 Å². The Morgan fingerprint density at radius 3 is 2.59 bits per heavy atom. The molecular formula is C16H16N2O2SSe. The number of carboxylic acid groups (broad SMARTS) is 1. The first-order chi connectivity index (χ1) is 10.2. The number of aryl methyl sites for hydroxylation is 1. The van der Waals surface area contributed by atoms with Gasteiger partial charge < -0.3 is 0 Å². The number of carboxylic acids is 1. The molecule has 0 unspecified atom stereocenters. The van der Waals surface area contributed by atoms with E-state index in [-0.39, 0.29) is 19.3 Å². The summed E-state index contributed by atoms with van der Waals surface area (Å²) in [4.78, 5) is 16.5. The van der Waals surface area contributed by atoms with Crippen molar-refractivity contribution in [1.29, 1.82) is 5.26 Å². The van der Waals surface area contributed by atoms with Crippen LogP contribution in [0.3, 0.4) is 0 Å². The maximum absolute atomic E-state index is 11.2. The van der Waals surface area contributed by atoms with Crippen molar-refractivity contribution in [3.05, 3.63) is 33.9 Å². The summed E-state index contributed by atoms with van der Waals surface area (Å²) in [6.07, 6.45) is 0. The average Bonchev–Trinajstić information content (AvgIpc) is 2.79. The van der Waals surface area contributed by atoms with E-state index in [0.29, 0.717) is 15.7 Å². The Morgan fingerprint density at radius 2 is 2.09 bits per heavy atom. The van der Waals surface area contributed by atoms with Crippen LogP contribution < -0.4 is 0 Å². The van der Waals surface area contributed by atoms with Crippen LogP contribution in [0.25, 0.3) is 10.1 Å². The molecule has 0 atom stereocenters. The molecular weight excluding hydrogens is 363 g/mol. The molecule has 1 aromatic carbocycles. The number of carbonyl (C=O) groups is 1. The molecule has 4 nitrogen and oxygen atoms in total. The molecule has 114 valence electrons. The zero-order chi connectivity index (χ0) is 16.5. The molecule has 1 aromatic heterocycles. The summed E-state index contributed by atoms with van der Waals surface area (Å²) in [6.45, 7) is 8.02. The Hall–Kier alpha value is -1.54. The van der Waals surface area contributed by atoms with E-state index >= 15 is 0 Å². The van der Waals surface area contributed by atoms with Crippen LogP contribution in [0, 0.1) is 18.3 Å². The zero-order valence-electron chi connectivity index (χ0n) is 12.8. The fraction of sp³-hybridized carbons (Fsp3) is 0.312. The Kier molecular flexibility index (Phi) is 4.81. The van der Waals surface area contributed by atoms with E-state index < -0.39 is 5.97 Å². The number of rotatable bonds is 3. The molecule has 1 N–H and O–H groups in total. The topological polar surface area (TPSA) is 74.0 Å². The van der Waals surface area contributed by atoms with Crippen molar-refractivity contribution in [2.75, 3.05) is 0 Å². The van der Waals surface area contributed by atoms with Gasteiger partial charge in [0.1, 0.15) is 0 Å². The zero-order valence-corrected chi connectivity index (χ0v) is 15.3.